The third kappa shape index (κ3) is 2.82. The predicted molar refractivity (Wildman–Crippen MR) is 66.9 cm³/mol. The van der Waals surface area contributed by atoms with Crippen LogP contribution in [0.25, 0.3) is 0 Å². The van der Waals surface area contributed by atoms with Crippen LogP contribution in [0.1, 0.15) is 45.1 Å². The number of nitrogens with two attached hydrogens (primary N) is 1. The van der Waals surface area contributed by atoms with Crippen molar-refractivity contribution in [2.75, 3.05) is 6.54 Å². The van der Waals surface area contributed by atoms with E-state index < -0.39 is 0 Å². The molecule has 0 spiro atoms. The first-order valence-electron chi connectivity index (χ1n) is 6.14. The van der Waals surface area contributed by atoms with Crippen LogP contribution in [0.4, 0.5) is 4.39 Å². The predicted octanol–water partition coefficient (Wildman–Crippen LogP) is 3.62. The van der Waals surface area contributed by atoms with Gasteiger partial charge in [0.25, 0.3) is 0 Å². The average molecular weight is 223 g/mol. The van der Waals surface area contributed by atoms with E-state index in [1.165, 1.54) is 17.7 Å². The van der Waals surface area contributed by atoms with Crippen molar-refractivity contribution in [1.82, 2.24) is 0 Å². The van der Waals surface area contributed by atoms with E-state index in [1.807, 2.05) is 12.1 Å². The molecule has 0 radical (unpaired) electrons. The summed E-state index contributed by atoms with van der Waals surface area (Å²) in [6.07, 6.45) is 4.36. The van der Waals surface area contributed by atoms with Gasteiger partial charge in [0.2, 0.25) is 0 Å². The fourth-order valence-electron chi connectivity index (χ4n) is 2.50. The molecular weight excluding hydrogens is 201 g/mol. The van der Waals surface area contributed by atoms with Crippen molar-refractivity contribution >= 4 is 0 Å². The fourth-order valence-corrected chi connectivity index (χ4v) is 2.50. The van der Waals surface area contributed by atoms with E-state index in [4.69, 9.17) is 5.73 Å². The van der Waals surface area contributed by atoms with E-state index in [2.05, 4.69) is 13.8 Å². The zero-order chi connectivity index (χ0) is 12.0. The summed E-state index contributed by atoms with van der Waals surface area (Å²) in [5.74, 6) is -0.178. The molecule has 0 aliphatic carbocycles. The number of halogens is 1. The van der Waals surface area contributed by atoms with E-state index in [9.17, 15) is 4.39 Å². The first-order valence-corrected chi connectivity index (χ1v) is 6.14. The molecule has 90 valence electrons. The Morgan fingerprint density at radius 3 is 1.94 bits per heavy atom. The summed E-state index contributed by atoms with van der Waals surface area (Å²) >= 11 is 0. The van der Waals surface area contributed by atoms with Gasteiger partial charge in [-0.3, -0.25) is 0 Å². The molecular formula is C14H22FN. The molecule has 2 heteroatoms. The molecule has 1 nitrogen and oxygen atoms in total. The van der Waals surface area contributed by atoms with Crippen LogP contribution in [0, 0.1) is 5.82 Å². The summed E-state index contributed by atoms with van der Waals surface area (Å²) in [7, 11) is 0. The first-order chi connectivity index (χ1) is 7.68. The van der Waals surface area contributed by atoms with Gasteiger partial charge in [0.05, 0.1) is 0 Å². The van der Waals surface area contributed by atoms with Crippen molar-refractivity contribution in [2.45, 2.75) is 44.9 Å². The highest BCUT2D eigenvalue weighted by Gasteiger charge is 2.28. The van der Waals surface area contributed by atoms with Crippen LogP contribution in [0.2, 0.25) is 0 Å². The lowest BCUT2D eigenvalue weighted by Gasteiger charge is -2.33. The van der Waals surface area contributed by atoms with Gasteiger partial charge in [0.15, 0.2) is 0 Å². The van der Waals surface area contributed by atoms with Gasteiger partial charge in [0, 0.05) is 12.0 Å². The van der Waals surface area contributed by atoms with E-state index in [1.54, 1.807) is 0 Å². The van der Waals surface area contributed by atoms with E-state index in [0.717, 1.165) is 25.7 Å². The molecule has 0 aliphatic rings. The summed E-state index contributed by atoms with van der Waals surface area (Å²) < 4.78 is 12.9. The summed E-state index contributed by atoms with van der Waals surface area (Å²) in [5, 5.41) is 0. The molecule has 0 fully saturated rings. The molecule has 0 unspecified atom stereocenters. The second-order valence-electron chi connectivity index (χ2n) is 4.49. The Labute approximate surface area is 97.9 Å². The van der Waals surface area contributed by atoms with Crippen LogP contribution >= 0.6 is 0 Å². The zero-order valence-corrected chi connectivity index (χ0v) is 10.3. The molecule has 16 heavy (non-hydrogen) atoms. The topological polar surface area (TPSA) is 26.0 Å². The van der Waals surface area contributed by atoms with Crippen LogP contribution in [-0.4, -0.2) is 6.54 Å². The second-order valence-corrected chi connectivity index (χ2v) is 4.49. The third-order valence-corrected chi connectivity index (χ3v) is 3.30. The SMILES string of the molecule is CCCC(CN)(CCC)c1ccc(F)cc1. The standard InChI is InChI=1S/C14H22FN/c1-3-9-14(11-16,10-4-2)12-5-7-13(15)8-6-12/h5-8H,3-4,9-11,16H2,1-2H3. The quantitative estimate of drug-likeness (QED) is 0.783. The van der Waals surface area contributed by atoms with Crippen LogP contribution in [0.5, 0.6) is 0 Å². The van der Waals surface area contributed by atoms with Crippen molar-refractivity contribution in [3.8, 4) is 0 Å². The van der Waals surface area contributed by atoms with E-state index in [0.29, 0.717) is 6.54 Å². The van der Waals surface area contributed by atoms with Gasteiger partial charge in [-0.25, -0.2) is 4.39 Å². The highest BCUT2D eigenvalue weighted by molar-refractivity contribution is 5.26. The van der Waals surface area contributed by atoms with Crippen molar-refractivity contribution in [3.05, 3.63) is 35.6 Å². The summed E-state index contributed by atoms with van der Waals surface area (Å²) in [6, 6.07) is 6.83. The molecule has 0 atom stereocenters. The fraction of sp³-hybridized carbons (Fsp3) is 0.571. The van der Waals surface area contributed by atoms with Gasteiger partial charge in [0.1, 0.15) is 5.82 Å². The molecule has 0 heterocycles. The van der Waals surface area contributed by atoms with Crippen molar-refractivity contribution < 1.29 is 4.39 Å². The molecule has 0 saturated carbocycles. The monoisotopic (exact) mass is 223 g/mol. The lowest BCUT2D eigenvalue weighted by molar-refractivity contribution is 0.365. The van der Waals surface area contributed by atoms with Gasteiger partial charge in [-0.2, -0.15) is 0 Å². The Bertz CT molecular complexity index is 299. The lowest BCUT2D eigenvalue weighted by Crippen LogP contribution is -2.35. The van der Waals surface area contributed by atoms with Gasteiger partial charge in [-0.1, -0.05) is 38.8 Å². The van der Waals surface area contributed by atoms with Crippen molar-refractivity contribution in [3.63, 3.8) is 0 Å². The molecule has 1 aromatic carbocycles. The Morgan fingerprint density at radius 1 is 1.06 bits per heavy atom. The lowest BCUT2D eigenvalue weighted by atomic mass is 9.73. The molecule has 0 aliphatic heterocycles. The van der Waals surface area contributed by atoms with Crippen LogP contribution in [0.15, 0.2) is 24.3 Å². The maximum atomic E-state index is 12.9. The van der Waals surface area contributed by atoms with Crippen LogP contribution in [-0.2, 0) is 5.41 Å². The molecule has 1 rings (SSSR count). The third-order valence-electron chi connectivity index (χ3n) is 3.30. The molecule has 0 bridgehead atoms. The Balaban J connectivity index is 3.02. The van der Waals surface area contributed by atoms with E-state index in [-0.39, 0.29) is 11.2 Å². The molecule has 1 aromatic rings. The Hall–Kier alpha value is -0.890. The van der Waals surface area contributed by atoms with Crippen LogP contribution in [0.3, 0.4) is 0 Å². The first kappa shape index (κ1) is 13.2. The van der Waals surface area contributed by atoms with Gasteiger partial charge < -0.3 is 5.73 Å². The van der Waals surface area contributed by atoms with Crippen molar-refractivity contribution in [1.29, 1.82) is 0 Å². The summed E-state index contributed by atoms with van der Waals surface area (Å²) in [4.78, 5) is 0. The highest BCUT2D eigenvalue weighted by atomic mass is 19.1. The minimum absolute atomic E-state index is 0.0389. The normalized spacial score (nSPS) is 11.8. The summed E-state index contributed by atoms with van der Waals surface area (Å²) in [6.45, 7) is 4.98. The molecule has 2 N–H and O–H groups in total. The number of rotatable bonds is 6. The highest BCUT2D eigenvalue weighted by Crippen LogP contribution is 2.33. The van der Waals surface area contributed by atoms with Gasteiger partial charge >= 0.3 is 0 Å². The molecule has 0 aromatic heterocycles. The van der Waals surface area contributed by atoms with Gasteiger partial charge in [-0.15, -0.1) is 0 Å². The Morgan fingerprint density at radius 2 is 1.56 bits per heavy atom. The van der Waals surface area contributed by atoms with Crippen LogP contribution < -0.4 is 5.73 Å². The largest absolute Gasteiger partial charge is 0.330 e. The zero-order valence-electron chi connectivity index (χ0n) is 10.3. The number of hydrogen-bond donors (Lipinski definition) is 1. The Kier molecular flexibility index (Phi) is 4.94. The van der Waals surface area contributed by atoms with Gasteiger partial charge in [-0.05, 0) is 30.5 Å². The van der Waals surface area contributed by atoms with E-state index >= 15 is 0 Å². The minimum Gasteiger partial charge on any atom is -0.330 e. The maximum Gasteiger partial charge on any atom is 0.123 e. The second kappa shape index (κ2) is 6.00. The minimum atomic E-state index is -0.178. The average Bonchev–Trinajstić information content (AvgIpc) is 2.29. The molecule has 0 saturated heterocycles. The summed E-state index contributed by atoms with van der Waals surface area (Å²) in [5.41, 5.74) is 7.18. The van der Waals surface area contributed by atoms with Crippen molar-refractivity contribution in [2.24, 2.45) is 5.73 Å². The maximum absolute atomic E-state index is 12.9. The smallest absolute Gasteiger partial charge is 0.123 e. The number of benzene rings is 1. The molecule has 0 amide bonds. The number of hydrogen-bond acceptors (Lipinski definition) is 1.